The van der Waals surface area contributed by atoms with E-state index in [1.54, 1.807) is 4.90 Å². The minimum atomic E-state index is -0.363. The molecule has 0 bridgehead atoms. The zero-order chi connectivity index (χ0) is 16.9. The molecule has 1 aromatic carbocycles. The van der Waals surface area contributed by atoms with Gasteiger partial charge in [-0.1, -0.05) is 29.8 Å². The van der Waals surface area contributed by atoms with E-state index in [1.807, 2.05) is 36.4 Å². The summed E-state index contributed by atoms with van der Waals surface area (Å²) < 4.78 is 5.85. The molecule has 2 aromatic rings. The number of aryl methyl sites for hydroxylation is 2. The summed E-state index contributed by atoms with van der Waals surface area (Å²) in [6.45, 7) is 0.458. The first-order valence-electron chi connectivity index (χ1n) is 7.91. The summed E-state index contributed by atoms with van der Waals surface area (Å²) >= 11 is 7.31. The molecular weight excluding hydrogens is 346 g/mol. The van der Waals surface area contributed by atoms with Crippen LogP contribution >= 0.6 is 22.9 Å². The summed E-state index contributed by atoms with van der Waals surface area (Å²) in [6.07, 6.45) is 2.73. The van der Waals surface area contributed by atoms with E-state index >= 15 is 0 Å². The smallest absolute Gasteiger partial charge is 0.306 e. The van der Waals surface area contributed by atoms with E-state index in [0.717, 1.165) is 29.0 Å². The molecule has 0 atom stereocenters. The number of fused-ring (bicyclic) bond motifs is 1. The highest BCUT2D eigenvalue weighted by atomic mass is 35.5. The molecule has 0 saturated carbocycles. The number of rotatable bonds is 5. The van der Waals surface area contributed by atoms with Gasteiger partial charge in [0.1, 0.15) is 0 Å². The molecule has 126 valence electrons. The lowest BCUT2D eigenvalue weighted by Crippen LogP contribution is -2.38. The lowest BCUT2D eigenvalue weighted by atomic mass is 10.0. The van der Waals surface area contributed by atoms with Crippen molar-refractivity contribution >= 4 is 40.5 Å². The number of halogens is 1. The number of thiophene rings is 1. The third-order valence-corrected chi connectivity index (χ3v) is 5.26. The van der Waals surface area contributed by atoms with Gasteiger partial charge in [-0.3, -0.25) is 9.59 Å². The quantitative estimate of drug-likeness (QED) is 0.758. The van der Waals surface area contributed by atoms with Gasteiger partial charge in [-0.25, -0.2) is 0 Å². The van der Waals surface area contributed by atoms with Crippen molar-refractivity contribution in [1.29, 1.82) is 0 Å². The van der Waals surface area contributed by atoms with Gasteiger partial charge in [-0.2, -0.15) is 0 Å². The number of para-hydroxylation sites is 1. The maximum Gasteiger partial charge on any atom is 0.306 e. The molecule has 1 amide bonds. The Morgan fingerprint density at radius 3 is 2.83 bits per heavy atom. The number of carbonyl (C=O) groups excluding carboxylic acids is 2. The second kappa shape index (κ2) is 7.81. The number of ether oxygens (including phenoxy) is 1. The van der Waals surface area contributed by atoms with Gasteiger partial charge in [0, 0.05) is 17.1 Å². The molecule has 0 aliphatic carbocycles. The number of carbonyl (C=O) groups is 2. The van der Waals surface area contributed by atoms with Crippen LogP contribution in [0.25, 0.3) is 0 Å². The molecule has 0 fully saturated rings. The lowest BCUT2D eigenvalue weighted by molar-refractivity contribution is -0.147. The Labute approximate surface area is 150 Å². The molecule has 0 saturated heterocycles. The topological polar surface area (TPSA) is 46.6 Å². The van der Waals surface area contributed by atoms with Crippen LogP contribution in [0.2, 0.25) is 4.34 Å². The number of hydrogen-bond donors (Lipinski definition) is 0. The largest absolute Gasteiger partial charge is 0.456 e. The van der Waals surface area contributed by atoms with Crippen molar-refractivity contribution < 1.29 is 14.3 Å². The first-order chi connectivity index (χ1) is 11.6. The van der Waals surface area contributed by atoms with E-state index in [4.69, 9.17) is 16.3 Å². The normalized spacial score (nSPS) is 13.5. The van der Waals surface area contributed by atoms with Crippen molar-refractivity contribution in [3.8, 4) is 0 Å². The summed E-state index contributed by atoms with van der Waals surface area (Å²) in [5.74, 6) is -0.534. The molecule has 24 heavy (non-hydrogen) atoms. The SMILES string of the molecule is O=C(CCc1ccc(Cl)s1)OCC(=O)N1CCCc2ccccc21. The zero-order valence-electron chi connectivity index (χ0n) is 13.2. The molecule has 2 heterocycles. The highest BCUT2D eigenvalue weighted by Gasteiger charge is 2.22. The fraction of sp³-hybridized carbons (Fsp3) is 0.333. The second-order valence-corrected chi connectivity index (χ2v) is 7.44. The van der Waals surface area contributed by atoms with Crippen LogP contribution in [0.4, 0.5) is 5.69 Å². The lowest BCUT2D eigenvalue weighted by Gasteiger charge is -2.29. The van der Waals surface area contributed by atoms with Crippen molar-refractivity contribution in [3.63, 3.8) is 0 Å². The Bertz CT molecular complexity index is 743. The Morgan fingerprint density at radius 1 is 1.21 bits per heavy atom. The van der Waals surface area contributed by atoms with E-state index in [2.05, 4.69) is 0 Å². The Hall–Kier alpha value is -1.85. The van der Waals surface area contributed by atoms with Crippen LogP contribution in [0.1, 0.15) is 23.3 Å². The molecule has 6 heteroatoms. The van der Waals surface area contributed by atoms with Gasteiger partial charge >= 0.3 is 5.97 Å². The molecule has 0 spiro atoms. The highest BCUT2D eigenvalue weighted by Crippen LogP contribution is 2.26. The van der Waals surface area contributed by atoms with Crippen molar-refractivity contribution in [1.82, 2.24) is 0 Å². The van der Waals surface area contributed by atoms with E-state index in [0.29, 0.717) is 17.3 Å². The predicted octanol–water partition coefficient (Wildman–Crippen LogP) is 3.86. The maximum absolute atomic E-state index is 12.4. The van der Waals surface area contributed by atoms with Gasteiger partial charge in [0.05, 0.1) is 10.8 Å². The first-order valence-corrected chi connectivity index (χ1v) is 9.11. The van der Waals surface area contributed by atoms with Crippen molar-refractivity contribution in [2.45, 2.75) is 25.7 Å². The number of esters is 1. The minimum absolute atomic E-state index is 0.172. The van der Waals surface area contributed by atoms with Crippen LogP contribution in [-0.4, -0.2) is 25.0 Å². The summed E-state index contributed by atoms with van der Waals surface area (Å²) in [5.41, 5.74) is 2.09. The van der Waals surface area contributed by atoms with E-state index in [-0.39, 0.29) is 24.9 Å². The van der Waals surface area contributed by atoms with Crippen LogP contribution in [0.5, 0.6) is 0 Å². The molecule has 3 rings (SSSR count). The summed E-state index contributed by atoms with van der Waals surface area (Å²) in [4.78, 5) is 27.0. The van der Waals surface area contributed by atoms with Crippen LogP contribution < -0.4 is 4.90 Å². The fourth-order valence-corrected chi connectivity index (χ4v) is 3.88. The number of hydrogen-bond acceptors (Lipinski definition) is 4. The van der Waals surface area contributed by atoms with Gasteiger partial charge in [-0.15, -0.1) is 11.3 Å². The minimum Gasteiger partial charge on any atom is -0.456 e. The van der Waals surface area contributed by atoms with Crippen molar-refractivity contribution in [2.24, 2.45) is 0 Å². The summed E-state index contributed by atoms with van der Waals surface area (Å²) in [5, 5.41) is 0. The van der Waals surface area contributed by atoms with Crippen LogP contribution in [0.3, 0.4) is 0 Å². The summed E-state index contributed by atoms with van der Waals surface area (Å²) in [6, 6.07) is 11.6. The molecule has 1 aliphatic heterocycles. The van der Waals surface area contributed by atoms with Gasteiger partial charge in [0.2, 0.25) is 0 Å². The number of amides is 1. The van der Waals surface area contributed by atoms with Crippen molar-refractivity contribution in [3.05, 3.63) is 51.2 Å². The Morgan fingerprint density at radius 2 is 2.04 bits per heavy atom. The van der Waals surface area contributed by atoms with Crippen LogP contribution in [-0.2, 0) is 27.2 Å². The molecule has 4 nitrogen and oxygen atoms in total. The Kier molecular flexibility index (Phi) is 5.53. The van der Waals surface area contributed by atoms with E-state index < -0.39 is 0 Å². The van der Waals surface area contributed by atoms with Gasteiger partial charge in [-0.05, 0) is 43.0 Å². The van der Waals surface area contributed by atoms with Gasteiger partial charge in [0.25, 0.3) is 5.91 Å². The average molecular weight is 364 g/mol. The predicted molar refractivity (Wildman–Crippen MR) is 95.7 cm³/mol. The zero-order valence-corrected chi connectivity index (χ0v) is 14.7. The first kappa shape index (κ1) is 17.0. The third-order valence-electron chi connectivity index (χ3n) is 3.97. The number of nitrogens with zero attached hydrogens (tertiary/aromatic N) is 1. The number of benzene rings is 1. The maximum atomic E-state index is 12.4. The summed E-state index contributed by atoms with van der Waals surface area (Å²) in [7, 11) is 0. The van der Waals surface area contributed by atoms with Gasteiger partial charge < -0.3 is 9.64 Å². The molecule has 0 unspecified atom stereocenters. The highest BCUT2D eigenvalue weighted by molar-refractivity contribution is 7.16. The number of anilines is 1. The molecule has 0 N–H and O–H groups in total. The average Bonchev–Trinajstić information content (AvgIpc) is 3.02. The third kappa shape index (κ3) is 4.16. The van der Waals surface area contributed by atoms with Crippen LogP contribution in [0.15, 0.2) is 36.4 Å². The van der Waals surface area contributed by atoms with Gasteiger partial charge in [0.15, 0.2) is 6.61 Å². The monoisotopic (exact) mass is 363 g/mol. The molecule has 1 aliphatic rings. The fourth-order valence-electron chi connectivity index (χ4n) is 2.80. The Balaban J connectivity index is 1.50. The van der Waals surface area contributed by atoms with Crippen molar-refractivity contribution in [2.75, 3.05) is 18.1 Å². The standard InChI is InChI=1S/C18H18ClNO3S/c19-16-9-7-14(24-16)8-10-18(22)23-12-17(21)20-11-3-5-13-4-1-2-6-15(13)20/h1-2,4,6-7,9H,3,5,8,10-12H2. The molecular formula is C18H18ClNO3S. The second-order valence-electron chi connectivity index (χ2n) is 5.64. The van der Waals surface area contributed by atoms with E-state index in [1.165, 1.54) is 11.3 Å². The van der Waals surface area contributed by atoms with E-state index in [9.17, 15) is 9.59 Å². The van der Waals surface area contributed by atoms with Crippen LogP contribution in [0, 0.1) is 0 Å². The molecule has 1 aromatic heterocycles. The molecule has 0 radical (unpaired) electrons.